The predicted molar refractivity (Wildman–Crippen MR) is 184 cm³/mol. The monoisotopic (exact) mass is 706 g/mol. The Kier molecular flexibility index (Phi) is 9.43. The molecule has 3 aliphatic carbocycles. The molecule has 15 heteroatoms. The number of ketones is 2. The van der Waals surface area contributed by atoms with Crippen molar-refractivity contribution in [3.8, 4) is 5.75 Å². The molecule has 0 spiro atoms. The van der Waals surface area contributed by atoms with E-state index in [1.807, 2.05) is 20.8 Å². The van der Waals surface area contributed by atoms with Gasteiger partial charge in [-0.2, -0.15) is 0 Å². The Morgan fingerprint density at radius 2 is 1.65 bits per heavy atom. The topological polar surface area (TPSA) is 229 Å². The van der Waals surface area contributed by atoms with E-state index < -0.39 is 82.6 Å². The molecule has 0 saturated heterocycles. The van der Waals surface area contributed by atoms with E-state index in [9.17, 15) is 44.4 Å². The third-order valence-electron chi connectivity index (χ3n) is 9.78. The molecule has 15 nitrogen and oxygen atoms in total. The van der Waals surface area contributed by atoms with Crippen LogP contribution < -0.4 is 16.0 Å². The van der Waals surface area contributed by atoms with Crippen molar-refractivity contribution < 1.29 is 53.9 Å². The van der Waals surface area contributed by atoms with Crippen LogP contribution in [-0.4, -0.2) is 101 Å². The van der Waals surface area contributed by atoms with Crippen LogP contribution in [0.1, 0.15) is 59.0 Å². The number of allylic oxidation sites excluding steroid dienone is 1. The van der Waals surface area contributed by atoms with Gasteiger partial charge in [-0.1, -0.05) is 32.9 Å². The highest BCUT2D eigenvalue weighted by Crippen LogP contribution is 2.54. The van der Waals surface area contributed by atoms with Gasteiger partial charge in [0.15, 0.2) is 17.1 Å². The Balaban J connectivity index is 1.43. The number of likely N-dealkylation sites (N-methyl/N-ethyl adjacent to an activating group) is 1. The maximum absolute atomic E-state index is 14.2. The maximum Gasteiger partial charge on any atom is 0.414 e. The normalized spacial score (nSPS) is 23.0. The summed E-state index contributed by atoms with van der Waals surface area (Å²) in [7, 11) is 6.44. The van der Waals surface area contributed by atoms with Gasteiger partial charge in [-0.3, -0.25) is 24.6 Å². The zero-order chi connectivity index (χ0) is 37.9. The van der Waals surface area contributed by atoms with Crippen LogP contribution in [0, 0.1) is 11.8 Å². The Labute approximate surface area is 293 Å². The van der Waals surface area contributed by atoms with Crippen LogP contribution in [0.3, 0.4) is 0 Å². The lowest BCUT2D eigenvalue weighted by molar-refractivity contribution is -0.148. The van der Waals surface area contributed by atoms with Gasteiger partial charge in [0.25, 0.3) is 5.91 Å². The summed E-state index contributed by atoms with van der Waals surface area (Å²) in [6, 6.07) is 7.08. The first-order valence-corrected chi connectivity index (χ1v) is 16.1. The molecule has 7 N–H and O–H groups in total. The number of esters is 1. The van der Waals surface area contributed by atoms with E-state index in [0.717, 1.165) is 5.56 Å². The number of aliphatic hydroxyl groups excluding tert-OH is 2. The molecule has 0 saturated carbocycles. The molecule has 4 atom stereocenters. The average molecular weight is 707 g/mol. The van der Waals surface area contributed by atoms with Crippen molar-refractivity contribution >= 4 is 40.9 Å². The summed E-state index contributed by atoms with van der Waals surface area (Å²) in [4.78, 5) is 68.3. The molecule has 2 amide bonds. The number of benzene rings is 2. The number of anilines is 2. The summed E-state index contributed by atoms with van der Waals surface area (Å²) in [5, 5.41) is 48.0. The number of carbonyl (C=O) groups excluding carboxylic acids is 5. The molecule has 0 aromatic heterocycles. The van der Waals surface area contributed by atoms with Crippen molar-refractivity contribution in [1.29, 1.82) is 0 Å². The fraction of sp³-hybridized carbons (Fsp3) is 0.417. The number of aliphatic hydroxyl groups is 3. The molecule has 0 unspecified atom stereocenters. The Hall–Kier alpha value is -5.41. The summed E-state index contributed by atoms with van der Waals surface area (Å²) in [6.07, 6.45) is -1.16. The maximum atomic E-state index is 14.2. The third-order valence-corrected chi connectivity index (χ3v) is 9.78. The number of nitrogens with one attached hydrogen (secondary N) is 1. The lowest BCUT2D eigenvalue weighted by atomic mass is 9.58. The molecule has 2 aromatic carbocycles. The van der Waals surface area contributed by atoms with Crippen LogP contribution in [0.4, 0.5) is 16.2 Å². The molecular formula is C36H42N4O11. The molecular weight excluding hydrogens is 664 g/mol. The molecule has 2 aromatic rings. The van der Waals surface area contributed by atoms with Crippen LogP contribution in [0.15, 0.2) is 53.0 Å². The Bertz CT molecular complexity index is 1910. The number of carbonyl (C=O) groups is 5. The number of aromatic hydroxyl groups is 1. The molecule has 5 rings (SSSR count). The number of phenolic OH excluding ortho intramolecular Hbond substituents is 1. The summed E-state index contributed by atoms with van der Waals surface area (Å²) in [6.45, 7) is 5.33. The number of hydrogen-bond donors (Lipinski definition) is 6. The number of primary amides is 1. The molecule has 0 aliphatic heterocycles. The van der Waals surface area contributed by atoms with E-state index in [2.05, 4.69) is 5.32 Å². The van der Waals surface area contributed by atoms with Gasteiger partial charge in [0.05, 0.1) is 22.9 Å². The number of nitrogens with zero attached hydrogens (tertiary/aromatic N) is 2. The van der Waals surface area contributed by atoms with E-state index in [1.54, 1.807) is 57.4 Å². The van der Waals surface area contributed by atoms with Crippen molar-refractivity contribution in [3.05, 3.63) is 75.3 Å². The highest BCUT2D eigenvalue weighted by Gasteiger charge is 2.63. The SMILES string of the molecule is CN(C)c1cc(NC(=O)OCOC(=O)c2ccc(C(C)(C)C)cc2)c(O)c2c1C[C@H]1C[C@H]3[C@H](N(C)C)C(O)=C(C(N)=O)C(=O)[C@@]3(O)C(O)=C1C2=O. The van der Waals surface area contributed by atoms with Gasteiger partial charge in [0.2, 0.25) is 12.6 Å². The van der Waals surface area contributed by atoms with Crippen molar-refractivity contribution in [3.63, 3.8) is 0 Å². The predicted octanol–water partition coefficient (Wildman–Crippen LogP) is 2.85. The van der Waals surface area contributed by atoms with E-state index >= 15 is 0 Å². The summed E-state index contributed by atoms with van der Waals surface area (Å²) in [5.41, 5.74) is 2.69. The van der Waals surface area contributed by atoms with Crippen LogP contribution in [0.2, 0.25) is 0 Å². The second-order valence-electron chi connectivity index (χ2n) is 14.4. The molecule has 51 heavy (non-hydrogen) atoms. The zero-order valence-corrected chi connectivity index (χ0v) is 29.4. The molecule has 0 radical (unpaired) electrons. The quantitative estimate of drug-likeness (QED) is 0.105. The fourth-order valence-corrected chi connectivity index (χ4v) is 7.27. The van der Waals surface area contributed by atoms with Crippen molar-refractivity contribution in [2.75, 3.05) is 45.2 Å². The van der Waals surface area contributed by atoms with Crippen molar-refractivity contribution in [2.24, 2.45) is 17.6 Å². The largest absolute Gasteiger partial charge is 0.510 e. The van der Waals surface area contributed by atoms with Gasteiger partial charge in [-0.25, -0.2) is 9.59 Å². The highest BCUT2D eigenvalue weighted by atomic mass is 16.7. The Morgan fingerprint density at radius 3 is 2.20 bits per heavy atom. The number of nitrogens with two attached hydrogens (primary N) is 1. The highest BCUT2D eigenvalue weighted by molar-refractivity contribution is 6.25. The summed E-state index contributed by atoms with van der Waals surface area (Å²) in [5.74, 6) is -8.65. The van der Waals surface area contributed by atoms with Gasteiger partial charge in [0, 0.05) is 31.3 Å². The van der Waals surface area contributed by atoms with E-state index in [4.69, 9.17) is 15.2 Å². The van der Waals surface area contributed by atoms with Gasteiger partial charge >= 0.3 is 12.1 Å². The second kappa shape index (κ2) is 13.0. The Morgan fingerprint density at radius 1 is 1.02 bits per heavy atom. The second-order valence-corrected chi connectivity index (χ2v) is 14.4. The first-order valence-electron chi connectivity index (χ1n) is 16.1. The first-order chi connectivity index (χ1) is 23.7. The van der Waals surface area contributed by atoms with E-state index in [1.165, 1.54) is 11.0 Å². The van der Waals surface area contributed by atoms with Crippen molar-refractivity contribution in [1.82, 2.24) is 4.90 Å². The van der Waals surface area contributed by atoms with Crippen LogP contribution in [0.5, 0.6) is 5.75 Å². The number of rotatable bonds is 7. The third kappa shape index (κ3) is 6.16. The number of ether oxygens (including phenoxy) is 2. The van der Waals surface area contributed by atoms with Crippen LogP contribution in [-0.2, 0) is 30.9 Å². The van der Waals surface area contributed by atoms with Crippen molar-refractivity contribution in [2.45, 2.75) is 50.7 Å². The number of Topliss-reactive ketones (excluding diaryl/α,β-unsaturated/α-hetero) is 2. The van der Waals surface area contributed by atoms with Crippen LogP contribution >= 0.6 is 0 Å². The minimum Gasteiger partial charge on any atom is -0.510 e. The molecule has 272 valence electrons. The van der Waals surface area contributed by atoms with Gasteiger partial charge in [-0.05, 0) is 67.6 Å². The molecule has 0 fully saturated rings. The van der Waals surface area contributed by atoms with Gasteiger partial charge in [0.1, 0.15) is 17.1 Å². The lowest BCUT2D eigenvalue weighted by Gasteiger charge is -2.50. The summed E-state index contributed by atoms with van der Waals surface area (Å²) < 4.78 is 10.1. The zero-order valence-electron chi connectivity index (χ0n) is 29.4. The molecule has 3 aliphatic rings. The van der Waals surface area contributed by atoms with Gasteiger partial charge < -0.3 is 40.5 Å². The van der Waals surface area contributed by atoms with Gasteiger partial charge in [-0.15, -0.1) is 0 Å². The minimum absolute atomic E-state index is 0.0486. The number of phenols is 1. The fourth-order valence-electron chi connectivity index (χ4n) is 7.27. The minimum atomic E-state index is -2.80. The number of hydrogen-bond acceptors (Lipinski definition) is 13. The van der Waals surface area contributed by atoms with E-state index in [0.29, 0.717) is 11.3 Å². The van der Waals surface area contributed by atoms with Crippen LogP contribution in [0.25, 0.3) is 0 Å². The average Bonchev–Trinajstić information content (AvgIpc) is 3.03. The molecule has 0 heterocycles. The summed E-state index contributed by atoms with van der Waals surface area (Å²) >= 11 is 0. The standard InChI is InChI=1S/C36H42N4O11/c1-35(2,3)18-10-8-16(9-11-18)33(47)50-15-51-34(48)38-21-14-22(39(4)5)19-12-17-13-20-26(40(6)7)29(43)25(32(37)46)31(45)36(20,49)30(44)23(17)28(42)24(19)27(21)41/h8-11,14,17,20,26,41,43-44,49H,12-13,15H2,1-7H3,(H2,37,46)(H,38,48)/t17-,20-,26-,36-/m0/s1. The lowest BCUT2D eigenvalue weighted by Crippen LogP contribution is -2.63. The molecule has 0 bridgehead atoms. The first kappa shape index (κ1) is 36.9. The van der Waals surface area contributed by atoms with E-state index in [-0.39, 0.29) is 40.6 Å². The number of fused-ring (bicyclic) bond motifs is 3. The number of amides is 2. The smallest absolute Gasteiger partial charge is 0.414 e.